The molecule has 0 atom stereocenters. The standard InChI is InChI=1S/C18H22S/c1-5-14-6-10-16(11-7-14)19-17-12-8-15(9-13-17)18(2,3)4/h6-13H,5H2,1-4H3. The van der Waals surface area contributed by atoms with E-state index in [2.05, 4.69) is 76.2 Å². The molecule has 2 aromatic carbocycles. The monoisotopic (exact) mass is 270 g/mol. The topological polar surface area (TPSA) is 0 Å². The molecule has 2 rings (SSSR count). The summed E-state index contributed by atoms with van der Waals surface area (Å²) in [5.41, 5.74) is 3.01. The molecule has 0 aliphatic heterocycles. The summed E-state index contributed by atoms with van der Waals surface area (Å²) in [6.45, 7) is 8.93. The zero-order chi connectivity index (χ0) is 13.9. The average Bonchev–Trinajstić information content (AvgIpc) is 2.39. The zero-order valence-corrected chi connectivity index (χ0v) is 13.1. The molecule has 0 nitrogen and oxygen atoms in total. The Balaban J connectivity index is 2.10. The maximum Gasteiger partial charge on any atom is 0.0122 e. The number of aryl methyl sites for hydroxylation is 1. The van der Waals surface area contributed by atoms with Gasteiger partial charge >= 0.3 is 0 Å². The van der Waals surface area contributed by atoms with Crippen molar-refractivity contribution in [3.05, 3.63) is 59.7 Å². The van der Waals surface area contributed by atoms with E-state index in [1.807, 2.05) is 11.8 Å². The number of hydrogen-bond donors (Lipinski definition) is 0. The SMILES string of the molecule is CCc1ccc(Sc2ccc(C(C)(C)C)cc2)cc1. The molecule has 0 fully saturated rings. The summed E-state index contributed by atoms with van der Waals surface area (Å²) in [6, 6.07) is 17.8. The van der Waals surface area contributed by atoms with E-state index in [9.17, 15) is 0 Å². The fraction of sp³-hybridized carbons (Fsp3) is 0.333. The molecule has 2 aromatic rings. The van der Waals surface area contributed by atoms with E-state index < -0.39 is 0 Å². The fourth-order valence-corrected chi connectivity index (χ4v) is 2.77. The molecule has 0 saturated heterocycles. The molecular formula is C18H22S. The first kappa shape index (κ1) is 14.2. The third-order valence-electron chi connectivity index (χ3n) is 3.29. The van der Waals surface area contributed by atoms with Gasteiger partial charge in [-0.05, 0) is 47.2 Å². The Morgan fingerprint density at radius 2 is 1.26 bits per heavy atom. The Labute approximate surface area is 121 Å². The van der Waals surface area contributed by atoms with Crippen LogP contribution in [0.2, 0.25) is 0 Å². The van der Waals surface area contributed by atoms with Crippen molar-refractivity contribution in [2.24, 2.45) is 0 Å². The summed E-state index contributed by atoms with van der Waals surface area (Å²) in [5, 5.41) is 0. The normalized spacial score (nSPS) is 11.6. The molecule has 0 aliphatic carbocycles. The van der Waals surface area contributed by atoms with Crippen LogP contribution in [0.25, 0.3) is 0 Å². The van der Waals surface area contributed by atoms with Crippen molar-refractivity contribution >= 4 is 11.8 Å². The first-order valence-corrected chi connectivity index (χ1v) is 7.68. The summed E-state index contributed by atoms with van der Waals surface area (Å²) in [5.74, 6) is 0. The second-order valence-electron chi connectivity index (χ2n) is 5.87. The van der Waals surface area contributed by atoms with Gasteiger partial charge in [0.25, 0.3) is 0 Å². The van der Waals surface area contributed by atoms with Crippen LogP contribution in [0.15, 0.2) is 58.3 Å². The minimum Gasteiger partial charge on any atom is -0.0901 e. The Morgan fingerprint density at radius 3 is 1.68 bits per heavy atom. The number of rotatable bonds is 3. The summed E-state index contributed by atoms with van der Waals surface area (Å²) >= 11 is 1.83. The van der Waals surface area contributed by atoms with Gasteiger partial charge in [0.2, 0.25) is 0 Å². The largest absolute Gasteiger partial charge is 0.0901 e. The van der Waals surface area contributed by atoms with Gasteiger partial charge in [-0.1, -0.05) is 63.7 Å². The van der Waals surface area contributed by atoms with Gasteiger partial charge < -0.3 is 0 Å². The van der Waals surface area contributed by atoms with Gasteiger partial charge in [0.1, 0.15) is 0 Å². The Morgan fingerprint density at radius 1 is 0.789 bits per heavy atom. The molecule has 0 unspecified atom stereocenters. The molecular weight excluding hydrogens is 248 g/mol. The van der Waals surface area contributed by atoms with Crippen LogP contribution in [0, 0.1) is 0 Å². The third-order valence-corrected chi connectivity index (χ3v) is 4.30. The van der Waals surface area contributed by atoms with Crippen LogP contribution in [-0.4, -0.2) is 0 Å². The molecule has 0 amide bonds. The zero-order valence-electron chi connectivity index (χ0n) is 12.2. The molecule has 0 spiro atoms. The highest BCUT2D eigenvalue weighted by molar-refractivity contribution is 7.99. The summed E-state index contributed by atoms with van der Waals surface area (Å²) in [4.78, 5) is 2.61. The van der Waals surface area contributed by atoms with Crippen LogP contribution in [-0.2, 0) is 11.8 Å². The third kappa shape index (κ3) is 3.87. The van der Waals surface area contributed by atoms with E-state index in [0.717, 1.165) is 6.42 Å². The molecule has 0 aromatic heterocycles. The highest BCUT2D eigenvalue weighted by atomic mass is 32.2. The average molecular weight is 270 g/mol. The van der Waals surface area contributed by atoms with Crippen molar-refractivity contribution in [2.45, 2.75) is 49.3 Å². The second-order valence-corrected chi connectivity index (χ2v) is 7.02. The van der Waals surface area contributed by atoms with Gasteiger partial charge in [0.15, 0.2) is 0 Å². The van der Waals surface area contributed by atoms with Gasteiger partial charge in [-0.3, -0.25) is 0 Å². The Kier molecular flexibility index (Phi) is 4.36. The molecule has 0 bridgehead atoms. The van der Waals surface area contributed by atoms with Crippen molar-refractivity contribution in [1.29, 1.82) is 0 Å². The van der Waals surface area contributed by atoms with E-state index in [0.29, 0.717) is 0 Å². The lowest BCUT2D eigenvalue weighted by atomic mass is 9.87. The fourth-order valence-electron chi connectivity index (χ4n) is 1.95. The highest BCUT2D eigenvalue weighted by Gasteiger charge is 2.12. The minimum atomic E-state index is 0.228. The molecule has 0 N–H and O–H groups in total. The van der Waals surface area contributed by atoms with Gasteiger partial charge in [0.05, 0.1) is 0 Å². The van der Waals surface area contributed by atoms with Crippen molar-refractivity contribution in [3.63, 3.8) is 0 Å². The number of benzene rings is 2. The first-order valence-electron chi connectivity index (χ1n) is 6.86. The van der Waals surface area contributed by atoms with Crippen molar-refractivity contribution in [2.75, 3.05) is 0 Å². The van der Waals surface area contributed by atoms with E-state index in [1.165, 1.54) is 20.9 Å². The van der Waals surface area contributed by atoms with Crippen molar-refractivity contribution in [1.82, 2.24) is 0 Å². The quantitative estimate of drug-likeness (QED) is 0.689. The lowest BCUT2D eigenvalue weighted by Gasteiger charge is -2.19. The van der Waals surface area contributed by atoms with Crippen LogP contribution in [0.5, 0.6) is 0 Å². The Hall–Kier alpha value is -1.21. The van der Waals surface area contributed by atoms with Crippen LogP contribution < -0.4 is 0 Å². The lowest BCUT2D eigenvalue weighted by Crippen LogP contribution is -2.10. The second kappa shape index (κ2) is 5.83. The summed E-state index contributed by atoms with van der Waals surface area (Å²) < 4.78 is 0. The van der Waals surface area contributed by atoms with E-state index in [1.54, 1.807) is 0 Å². The summed E-state index contributed by atoms with van der Waals surface area (Å²) in [6.07, 6.45) is 1.10. The minimum absolute atomic E-state index is 0.228. The van der Waals surface area contributed by atoms with E-state index in [4.69, 9.17) is 0 Å². The van der Waals surface area contributed by atoms with Gasteiger partial charge in [-0.15, -0.1) is 0 Å². The van der Waals surface area contributed by atoms with Crippen LogP contribution >= 0.6 is 11.8 Å². The Bertz CT molecular complexity index is 515. The van der Waals surface area contributed by atoms with Crippen molar-refractivity contribution in [3.8, 4) is 0 Å². The molecule has 0 saturated carbocycles. The van der Waals surface area contributed by atoms with Crippen LogP contribution in [0.1, 0.15) is 38.8 Å². The van der Waals surface area contributed by atoms with Crippen LogP contribution in [0.4, 0.5) is 0 Å². The first-order chi connectivity index (χ1) is 8.99. The predicted molar refractivity (Wildman–Crippen MR) is 85.1 cm³/mol. The molecule has 19 heavy (non-hydrogen) atoms. The molecule has 1 heteroatoms. The lowest BCUT2D eigenvalue weighted by molar-refractivity contribution is 0.590. The number of hydrogen-bond acceptors (Lipinski definition) is 1. The maximum atomic E-state index is 2.25. The van der Waals surface area contributed by atoms with Gasteiger partial charge in [-0.2, -0.15) is 0 Å². The van der Waals surface area contributed by atoms with Gasteiger partial charge in [0, 0.05) is 9.79 Å². The molecule has 0 aliphatic rings. The smallest absolute Gasteiger partial charge is 0.0122 e. The van der Waals surface area contributed by atoms with Gasteiger partial charge in [-0.25, -0.2) is 0 Å². The molecule has 0 heterocycles. The van der Waals surface area contributed by atoms with E-state index >= 15 is 0 Å². The summed E-state index contributed by atoms with van der Waals surface area (Å²) in [7, 11) is 0. The van der Waals surface area contributed by atoms with Crippen LogP contribution in [0.3, 0.4) is 0 Å². The maximum absolute atomic E-state index is 2.25. The molecule has 0 radical (unpaired) electrons. The van der Waals surface area contributed by atoms with Crippen molar-refractivity contribution < 1.29 is 0 Å². The predicted octanol–water partition coefficient (Wildman–Crippen LogP) is 5.70. The van der Waals surface area contributed by atoms with E-state index in [-0.39, 0.29) is 5.41 Å². The molecule has 100 valence electrons. The highest BCUT2D eigenvalue weighted by Crippen LogP contribution is 2.30.